The first-order valence-electron chi connectivity index (χ1n) is 15.8. The number of benzene rings is 2. The van der Waals surface area contributed by atoms with Gasteiger partial charge in [0.1, 0.15) is 11.9 Å². The van der Waals surface area contributed by atoms with Crippen LogP contribution in [-0.4, -0.2) is 66.6 Å². The van der Waals surface area contributed by atoms with Crippen molar-refractivity contribution in [1.29, 1.82) is 0 Å². The lowest BCUT2D eigenvalue weighted by Gasteiger charge is -2.60. The molecular formula is C36H39F3N2O5. The predicted octanol–water partition coefficient (Wildman–Crippen LogP) is 5.77. The predicted molar refractivity (Wildman–Crippen MR) is 166 cm³/mol. The molecule has 1 amide bonds. The largest absolute Gasteiger partial charge is 0.493 e. The lowest BCUT2D eigenvalue weighted by molar-refractivity contribution is -0.138. The monoisotopic (exact) mass is 636 g/mol. The molecule has 1 saturated carbocycles. The first-order chi connectivity index (χ1) is 21.9. The summed E-state index contributed by atoms with van der Waals surface area (Å²) >= 11 is 0. The van der Waals surface area contributed by atoms with Crippen LogP contribution >= 0.6 is 0 Å². The van der Waals surface area contributed by atoms with Gasteiger partial charge in [-0.3, -0.25) is 14.5 Å². The number of rotatable bonds is 7. The smallest absolute Gasteiger partial charge is 0.416 e. The van der Waals surface area contributed by atoms with Crippen molar-refractivity contribution >= 4 is 11.9 Å². The number of methoxy groups -OCH3 is 1. The molecule has 4 aliphatic rings. The fraction of sp³-hybridized carbons (Fsp3) is 0.500. The van der Waals surface area contributed by atoms with E-state index in [4.69, 9.17) is 14.2 Å². The maximum atomic E-state index is 13.9. The van der Waals surface area contributed by atoms with Gasteiger partial charge in [0.25, 0.3) is 5.91 Å². The molecule has 1 spiro atoms. The maximum absolute atomic E-state index is 13.9. The van der Waals surface area contributed by atoms with Crippen LogP contribution in [0, 0.1) is 23.7 Å². The van der Waals surface area contributed by atoms with Gasteiger partial charge in [-0.25, -0.2) is 0 Å². The summed E-state index contributed by atoms with van der Waals surface area (Å²) in [6.45, 7) is 11.5. The number of halogens is 3. The molecule has 0 N–H and O–H groups in total. The maximum Gasteiger partial charge on any atom is 0.416 e. The lowest BCUT2D eigenvalue weighted by Crippen LogP contribution is -2.69. The second-order valence-corrected chi connectivity index (χ2v) is 13.2. The Morgan fingerprint density at radius 2 is 1.96 bits per heavy atom. The van der Waals surface area contributed by atoms with E-state index in [1.807, 2.05) is 24.8 Å². The topological polar surface area (TPSA) is 68.3 Å². The van der Waals surface area contributed by atoms with E-state index in [0.29, 0.717) is 42.2 Å². The number of ether oxygens (including phenoxy) is 3. The third-order valence-corrected chi connectivity index (χ3v) is 10.1. The number of carbonyl (C=O) groups is 2. The Morgan fingerprint density at radius 3 is 2.59 bits per heavy atom. The highest BCUT2D eigenvalue weighted by Crippen LogP contribution is 2.65. The van der Waals surface area contributed by atoms with E-state index in [1.54, 1.807) is 13.2 Å². The van der Waals surface area contributed by atoms with Crippen molar-refractivity contribution < 1.29 is 37.0 Å². The summed E-state index contributed by atoms with van der Waals surface area (Å²) in [5.74, 6) is 6.71. The zero-order valence-corrected chi connectivity index (χ0v) is 26.6. The van der Waals surface area contributed by atoms with Gasteiger partial charge in [0, 0.05) is 60.1 Å². The molecule has 2 fully saturated rings. The number of carbonyl (C=O) groups excluding carboxylic acids is 2. The molecule has 2 aromatic carbocycles. The number of nitrogens with zero attached hydrogens (tertiary/aromatic N) is 2. The van der Waals surface area contributed by atoms with Crippen molar-refractivity contribution in [3.8, 4) is 29.1 Å². The van der Waals surface area contributed by atoms with Crippen molar-refractivity contribution in [1.82, 2.24) is 9.80 Å². The van der Waals surface area contributed by atoms with Gasteiger partial charge < -0.3 is 19.1 Å². The Hall–Kier alpha value is -3.97. The Kier molecular flexibility index (Phi) is 8.34. The molecular weight excluding hydrogens is 597 g/mol. The van der Waals surface area contributed by atoms with Crippen molar-refractivity contribution in [2.24, 2.45) is 11.8 Å². The molecule has 2 aliphatic heterocycles. The highest BCUT2D eigenvalue weighted by molar-refractivity contribution is 5.94. The number of alkyl halides is 3. The molecule has 0 aromatic heterocycles. The molecule has 244 valence electrons. The van der Waals surface area contributed by atoms with Crippen molar-refractivity contribution in [2.45, 2.75) is 76.2 Å². The summed E-state index contributed by atoms with van der Waals surface area (Å²) in [5, 5.41) is 0. The number of esters is 1. The highest BCUT2D eigenvalue weighted by atomic mass is 19.4. The quantitative estimate of drug-likeness (QED) is 0.167. The fourth-order valence-corrected chi connectivity index (χ4v) is 8.45. The highest BCUT2D eigenvalue weighted by Gasteiger charge is 2.67. The fourth-order valence-electron chi connectivity index (χ4n) is 8.45. The average Bonchev–Trinajstić information content (AvgIpc) is 3.34. The van der Waals surface area contributed by atoms with Crippen LogP contribution in [0.25, 0.3) is 0 Å². The minimum atomic E-state index is -4.45. The van der Waals surface area contributed by atoms with Crippen LogP contribution in [0.5, 0.6) is 17.2 Å². The molecule has 2 aromatic rings. The van der Waals surface area contributed by atoms with E-state index in [9.17, 15) is 22.8 Å². The van der Waals surface area contributed by atoms with Gasteiger partial charge >= 0.3 is 12.1 Å². The van der Waals surface area contributed by atoms with Crippen LogP contribution in [0.1, 0.15) is 62.3 Å². The third kappa shape index (κ3) is 5.32. The first kappa shape index (κ1) is 32.0. The molecule has 6 rings (SSSR count). The zero-order valence-electron chi connectivity index (χ0n) is 26.6. The standard InChI is InChI=1S/C36H39F3N2O5/c1-6-16-40-17-15-35-26-12-13-27(41(20-21(2)3)31(43)14-9-23-7-10-24(11-8-23)36(37,38)39)34(35)46-33-30(44-5)19-29(45-22(4)42)25(32(33)35)18-28(26)40/h6-8,10-11,19,21,26-28,34H,1,12-13,15-18,20H2,2-5H3/t26-,27+,28+,34-,35-/m0/s1. The molecule has 5 atom stereocenters. The van der Waals surface area contributed by atoms with Crippen LogP contribution in [0.4, 0.5) is 13.2 Å². The van der Waals surface area contributed by atoms with Gasteiger partial charge in [-0.05, 0) is 68.3 Å². The Bertz CT molecular complexity index is 1610. The molecule has 10 heteroatoms. The van der Waals surface area contributed by atoms with Gasteiger partial charge in [0.15, 0.2) is 11.5 Å². The van der Waals surface area contributed by atoms with Crippen molar-refractivity contribution in [2.75, 3.05) is 26.7 Å². The van der Waals surface area contributed by atoms with Crippen molar-refractivity contribution in [3.63, 3.8) is 0 Å². The third-order valence-electron chi connectivity index (χ3n) is 10.1. The Morgan fingerprint density at radius 1 is 1.22 bits per heavy atom. The molecule has 2 bridgehead atoms. The molecule has 46 heavy (non-hydrogen) atoms. The molecule has 7 nitrogen and oxygen atoms in total. The van der Waals surface area contributed by atoms with E-state index in [2.05, 4.69) is 23.3 Å². The van der Waals surface area contributed by atoms with Crippen molar-refractivity contribution in [3.05, 3.63) is 65.2 Å². The summed E-state index contributed by atoms with van der Waals surface area (Å²) < 4.78 is 57.7. The van der Waals surface area contributed by atoms with E-state index in [-0.39, 0.29) is 30.0 Å². The second kappa shape index (κ2) is 12.0. The normalized spacial score (nSPS) is 25.9. The Labute approximate surface area is 267 Å². The molecule has 2 heterocycles. The van der Waals surface area contributed by atoms with Gasteiger partial charge in [-0.1, -0.05) is 25.8 Å². The minimum Gasteiger partial charge on any atom is -0.493 e. The summed E-state index contributed by atoms with van der Waals surface area (Å²) in [7, 11) is 1.57. The summed E-state index contributed by atoms with van der Waals surface area (Å²) in [6.07, 6.45) is 0.140. The number of hydrogen-bond donors (Lipinski definition) is 0. The summed E-state index contributed by atoms with van der Waals surface area (Å²) in [6, 6.07) is 6.11. The van der Waals surface area contributed by atoms with Gasteiger partial charge in [-0.15, -0.1) is 6.58 Å². The second-order valence-electron chi connectivity index (χ2n) is 13.2. The first-order valence-corrected chi connectivity index (χ1v) is 15.8. The van der Waals surface area contributed by atoms with Crippen LogP contribution in [-0.2, 0) is 27.6 Å². The van der Waals surface area contributed by atoms with Crippen LogP contribution in [0.3, 0.4) is 0 Å². The van der Waals surface area contributed by atoms with Gasteiger partial charge in [0.2, 0.25) is 0 Å². The van der Waals surface area contributed by atoms with E-state index >= 15 is 0 Å². The number of likely N-dealkylation sites (tertiary alicyclic amines) is 1. The molecule has 0 unspecified atom stereocenters. The SMILES string of the molecule is C=CCN1CC[C@]23c4c5c(OC(C)=O)cc(OC)c4O[C@H]2[C@H](N(CC(C)C)C(=O)C#Cc2ccc(C(F)(F)F)cc2)CC[C@H]3[C@H]1C5. The summed E-state index contributed by atoms with van der Waals surface area (Å²) in [4.78, 5) is 30.4. The minimum absolute atomic E-state index is 0.130. The van der Waals surface area contributed by atoms with E-state index < -0.39 is 29.0 Å². The number of piperidine rings is 1. The van der Waals surface area contributed by atoms with E-state index in [1.165, 1.54) is 19.1 Å². The van der Waals surface area contributed by atoms with Gasteiger partial charge in [-0.2, -0.15) is 13.2 Å². The van der Waals surface area contributed by atoms with Crippen LogP contribution < -0.4 is 14.2 Å². The molecule has 1 saturated heterocycles. The summed E-state index contributed by atoms with van der Waals surface area (Å²) in [5.41, 5.74) is 1.11. The van der Waals surface area contributed by atoms with Crippen LogP contribution in [0.2, 0.25) is 0 Å². The van der Waals surface area contributed by atoms with Crippen LogP contribution in [0.15, 0.2) is 43.0 Å². The average molecular weight is 637 g/mol. The Balaban J connectivity index is 1.42. The lowest BCUT2D eigenvalue weighted by atomic mass is 9.50. The molecule has 0 radical (unpaired) electrons. The number of hydrogen-bond acceptors (Lipinski definition) is 6. The van der Waals surface area contributed by atoms with Gasteiger partial charge in [0.05, 0.1) is 18.7 Å². The molecule has 2 aliphatic carbocycles. The number of amides is 1. The zero-order chi connectivity index (χ0) is 33.0. The van der Waals surface area contributed by atoms with E-state index in [0.717, 1.165) is 49.2 Å².